The Morgan fingerprint density at radius 2 is 2.15 bits per heavy atom. The third-order valence-corrected chi connectivity index (χ3v) is 4.82. The van der Waals surface area contributed by atoms with Crippen LogP contribution in [0.3, 0.4) is 0 Å². The van der Waals surface area contributed by atoms with E-state index in [1.54, 1.807) is 10.9 Å². The molecule has 0 bridgehead atoms. The van der Waals surface area contributed by atoms with Crippen molar-refractivity contribution in [2.75, 3.05) is 26.2 Å². The number of nitrogens with zero attached hydrogens (tertiary/aromatic N) is 3. The lowest BCUT2D eigenvalue weighted by atomic mass is 9.78. The van der Waals surface area contributed by atoms with Crippen LogP contribution in [0.15, 0.2) is 16.9 Å². The summed E-state index contributed by atoms with van der Waals surface area (Å²) < 4.78 is 2.60. The predicted molar refractivity (Wildman–Crippen MR) is 82.9 cm³/mol. The highest BCUT2D eigenvalue weighted by Crippen LogP contribution is 2.36. The average Bonchev–Trinajstić information content (AvgIpc) is 3.00. The van der Waals surface area contributed by atoms with Crippen molar-refractivity contribution in [3.05, 3.63) is 16.9 Å². The molecule has 0 aliphatic carbocycles. The fourth-order valence-corrected chi connectivity index (χ4v) is 3.44. The van der Waals surface area contributed by atoms with Crippen molar-refractivity contribution in [1.82, 2.24) is 20.0 Å². The highest BCUT2D eigenvalue weighted by Gasteiger charge is 2.37. The number of carbonyl (C=O) groups is 1. The first-order valence-electron chi connectivity index (χ1n) is 6.83. The van der Waals surface area contributed by atoms with E-state index in [-0.39, 0.29) is 18.3 Å². The molecule has 1 spiro atoms. The second-order valence-corrected chi connectivity index (χ2v) is 6.58. The second-order valence-electron chi connectivity index (χ2n) is 5.66. The summed E-state index contributed by atoms with van der Waals surface area (Å²) in [4.78, 5) is 14.2. The van der Waals surface area contributed by atoms with Gasteiger partial charge in [-0.25, -0.2) is 0 Å². The molecule has 20 heavy (non-hydrogen) atoms. The first kappa shape index (κ1) is 15.8. The first-order valence-corrected chi connectivity index (χ1v) is 7.63. The van der Waals surface area contributed by atoms with E-state index in [9.17, 15) is 4.79 Å². The maximum absolute atomic E-state index is 12.2. The van der Waals surface area contributed by atoms with Crippen molar-refractivity contribution in [2.45, 2.75) is 25.8 Å². The molecule has 3 heterocycles. The molecule has 0 radical (unpaired) electrons. The topological polar surface area (TPSA) is 50.2 Å². The molecule has 2 aliphatic rings. The van der Waals surface area contributed by atoms with Crippen molar-refractivity contribution < 1.29 is 4.79 Å². The highest BCUT2D eigenvalue weighted by atomic mass is 79.9. The van der Waals surface area contributed by atoms with Crippen LogP contribution in [0.5, 0.6) is 0 Å². The molecular formula is C13H20BrClN4O. The Morgan fingerprint density at radius 1 is 1.40 bits per heavy atom. The molecule has 1 aromatic heterocycles. The number of halogens is 2. The standard InChI is InChI=1S/C13H19BrN4O.ClH/c14-11-7-16-18(8-11)9-12(19)17-5-2-13(3-6-17)1-4-15-10-13;/h7-8,15H,1-6,9-10H2;1H. The van der Waals surface area contributed by atoms with E-state index >= 15 is 0 Å². The van der Waals surface area contributed by atoms with Gasteiger partial charge in [0.2, 0.25) is 5.91 Å². The zero-order chi connectivity index (χ0) is 13.3. The van der Waals surface area contributed by atoms with Gasteiger partial charge < -0.3 is 10.2 Å². The zero-order valence-corrected chi connectivity index (χ0v) is 13.8. The van der Waals surface area contributed by atoms with Crippen LogP contribution in [0.1, 0.15) is 19.3 Å². The van der Waals surface area contributed by atoms with Gasteiger partial charge in [0.1, 0.15) is 6.54 Å². The second kappa shape index (κ2) is 6.45. The van der Waals surface area contributed by atoms with E-state index in [1.807, 2.05) is 11.1 Å². The van der Waals surface area contributed by atoms with Crippen LogP contribution in [0, 0.1) is 5.41 Å². The van der Waals surface area contributed by atoms with Crippen molar-refractivity contribution in [3.8, 4) is 0 Å². The van der Waals surface area contributed by atoms with E-state index < -0.39 is 0 Å². The minimum atomic E-state index is 0. The predicted octanol–water partition coefficient (Wildman–Crippen LogP) is 1.67. The molecule has 2 fully saturated rings. The molecular weight excluding hydrogens is 344 g/mol. The summed E-state index contributed by atoms with van der Waals surface area (Å²) in [7, 11) is 0. The minimum absolute atomic E-state index is 0. The van der Waals surface area contributed by atoms with Crippen molar-refractivity contribution >= 4 is 34.2 Å². The molecule has 7 heteroatoms. The van der Waals surface area contributed by atoms with E-state index in [4.69, 9.17) is 0 Å². The number of carbonyl (C=O) groups excluding carboxylic acids is 1. The number of nitrogens with one attached hydrogen (secondary N) is 1. The maximum Gasteiger partial charge on any atom is 0.244 e. The van der Waals surface area contributed by atoms with Gasteiger partial charge >= 0.3 is 0 Å². The van der Waals surface area contributed by atoms with Gasteiger partial charge in [-0.1, -0.05) is 0 Å². The van der Waals surface area contributed by atoms with Crippen LogP contribution < -0.4 is 5.32 Å². The first-order chi connectivity index (χ1) is 9.17. The molecule has 0 saturated carbocycles. The lowest BCUT2D eigenvalue weighted by Crippen LogP contribution is -2.45. The van der Waals surface area contributed by atoms with E-state index in [1.165, 1.54) is 6.42 Å². The SMILES string of the molecule is Cl.O=C(Cn1cc(Br)cn1)N1CCC2(CCNC2)CC1. The van der Waals surface area contributed by atoms with Crippen molar-refractivity contribution in [1.29, 1.82) is 0 Å². The number of piperidine rings is 1. The van der Waals surface area contributed by atoms with Crippen LogP contribution in [0.2, 0.25) is 0 Å². The third kappa shape index (κ3) is 3.35. The van der Waals surface area contributed by atoms with Crippen molar-refractivity contribution in [3.63, 3.8) is 0 Å². The number of hydrogen-bond acceptors (Lipinski definition) is 3. The van der Waals surface area contributed by atoms with Crippen LogP contribution in [-0.2, 0) is 11.3 Å². The largest absolute Gasteiger partial charge is 0.341 e. The smallest absolute Gasteiger partial charge is 0.244 e. The van der Waals surface area contributed by atoms with Gasteiger partial charge in [0.05, 0.1) is 10.7 Å². The average molecular weight is 364 g/mol. The fourth-order valence-electron chi connectivity index (χ4n) is 3.12. The van der Waals surface area contributed by atoms with Crippen LogP contribution in [0.4, 0.5) is 0 Å². The Bertz CT molecular complexity index is 463. The molecule has 112 valence electrons. The van der Waals surface area contributed by atoms with E-state index in [0.717, 1.165) is 43.5 Å². The molecule has 0 unspecified atom stereocenters. The Labute approximate surface area is 133 Å². The van der Waals surface area contributed by atoms with Gasteiger partial charge in [0, 0.05) is 25.8 Å². The normalized spacial score (nSPS) is 20.9. The Morgan fingerprint density at radius 3 is 2.70 bits per heavy atom. The highest BCUT2D eigenvalue weighted by molar-refractivity contribution is 9.10. The summed E-state index contributed by atoms with van der Waals surface area (Å²) in [5.74, 6) is 0.177. The summed E-state index contributed by atoms with van der Waals surface area (Å²) in [6.07, 6.45) is 7.08. The summed E-state index contributed by atoms with van der Waals surface area (Å²) in [5.41, 5.74) is 0.464. The third-order valence-electron chi connectivity index (χ3n) is 4.41. The molecule has 1 N–H and O–H groups in total. The van der Waals surface area contributed by atoms with Crippen LogP contribution >= 0.6 is 28.3 Å². The summed E-state index contributed by atoms with van der Waals surface area (Å²) in [5, 5.41) is 7.58. The molecule has 2 aliphatic heterocycles. The van der Waals surface area contributed by atoms with Gasteiger partial charge in [-0.15, -0.1) is 12.4 Å². The molecule has 1 amide bonds. The van der Waals surface area contributed by atoms with Crippen molar-refractivity contribution in [2.24, 2.45) is 5.41 Å². The molecule has 3 rings (SSSR count). The van der Waals surface area contributed by atoms with Gasteiger partial charge in [-0.3, -0.25) is 9.48 Å². The lowest BCUT2D eigenvalue weighted by molar-refractivity contribution is -0.134. The Kier molecular flexibility index (Phi) is 5.09. The quantitative estimate of drug-likeness (QED) is 0.869. The number of aromatic nitrogens is 2. The van der Waals surface area contributed by atoms with Gasteiger partial charge in [0.15, 0.2) is 0 Å². The summed E-state index contributed by atoms with van der Waals surface area (Å²) in [6, 6.07) is 0. The zero-order valence-electron chi connectivity index (χ0n) is 11.3. The van der Waals surface area contributed by atoms with Gasteiger partial charge in [-0.05, 0) is 47.2 Å². The molecule has 1 aromatic rings. The summed E-state index contributed by atoms with van der Waals surface area (Å²) in [6.45, 7) is 4.39. The minimum Gasteiger partial charge on any atom is -0.341 e. The van der Waals surface area contributed by atoms with E-state index in [0.29, 0.717) is 12.0 Å². The molecule has 2 saturated heterocycles. The lowest BCUT2D eigenvalue weighted by Gasteiger charge is -2.38. The maximum atomic E-state index is 12.2. The fraction of sp³-hybridized carbons (Fsp3) is 0.692. The summed E-state index contributed by atoms with van der Waals surface area (Å²) >= 11 is 3.34. The van der Waals surface area contributed by atoms with Crippen LogP contribution in [-0.4, -0.2) is 46.8 Å². The monoisotopic (exact) mass is 362 g/mol. The Hall–Kier alpha value is -0.590. The number of hydrogen-bond donors (Lipinski definition) is 1. The van der Waals surface area contributed by atoms with Gasteiger partial charge in [0.25, 0.3) is 0 Å². The molecule has 0 aromatic carbocycles. The molecule has 0 atom stereocenters. The van der Waals surface area contributed by atoms with Crippen LogP contribution in [0.25, 0.3) is 0 Å². The van der Waals surface area contributed by atoms with Gasteiger partial charge in [-0.2, -0.15) is 5.10 Å². The number of rotatable bonds is 2. The number of likely N-dealkylation sites (tertiary alicyclic amines) is 1. The molecule has 5 nitrogen and oxygen atoms in total. The van der Waals surface area contributed by atoms with E-state index in [2.05, 4.69) is 26.3 Å². The number of amides is 1. The Balaban J connectivity index is 0.00000147.